The molecule has 0 aliphatic carbocycles. The van der Waals surface area contributed by atoms with Gasteiger partial charge in [-0.1, -0.05) is 24.3 Å². The van der Waals surface area contributed by atoms with Crippen LogP contribution in [0.15, 0.2) is 47.5 Å². The number of aliphatic imine (C=N–C) groups is 1. The van der Waals surface area contributed by atoms with Crippen LogP contribution < -0.4 is 20.7 Å². The van der Waals surface area contributed by atoms with Crippen molar-refractivity contribution < 1.29 is 9.53 Å². The molecule has 3 N–H and O–H groups in total. The van der Waals surface area contributed by atoms with E-state index in [-0.39, 0.29) is 35.8 Å². The molecule has 6 nitrogen and oxygen atoms in total. The van der Waals surface area contributed by atoms with Crippen LogP contribution in [0.5, 0.6) is 5.75 Å². The molecule has 1 aliphatic rings. The van der Waals surface area contributed by atoms with Crippen LogP contribution in [0.1, 0.15) is 29.0 Å². The average Bonchev–Trinajstić information content (AvgIpc) is 2.66. The van der Waals surface area contributed by atoms with E-state index in [4.69, 9.17) is 4.74 Å². The number of carbonyl (C=O) groups is 1. The van der Waals surface area contributed by atoms with E-state index in [1.54, 1.807) is 7.05 Å². The minimum atomic E-state index is 0. The highest BCUT2D eigenvalue weighted by Gasteiger charge is 2.24. The second-order valence-corrected chi connectivity index (χ2v) is 7.09. The quantitative estimate of drug-likeness (QED) is 0.241. The summed E-state index contributed by atoms with van der Waals surface area (Å²) in [5, 5.41) is 9.51. The fraction of sp³-hybridized carbons (Fsp3) is 0.364. The number of rotatable bonds is 6. The van der Waals surface area contributed by atoms with Crippen LogP contribution in [0, 0.1) is 13.8 Å². The van der Waals surface area contributed by atoms with Gasteiger partial charge in [-0.15, -0.1) is 24.0 Å². The van der Waals surface area contributed by atoms with Crippen molar-refractivity contribution in [3.8, 4) is 5.75 Å². The molecule has 7 heteroatoms. The Labute approximate surface area is 189 Å². The fourth-order valence-electron chi connectivity index (χ4n) is 3.48. The monoisotopic (exact) mass is 508 g/mol. The summed E-state index contributed by atoms with van der Waals surface area (Å²) in [5.74, 6) is 1.75. The molecule has 3 rings (SSSR count). The van der Waals surface area contributed by atoms with Crippen LogP contribution >= 0.6 is 24.0 Å². The summed E-state index contributed by atoms with van der Waals surface area (Å²) >= 11 is 0. The van der Waals surface area contributed by atoms with E-state index in [1.807, 2.05) is 30.3 Å². The van der Waals surface area contributed by atoms with Crippen LogP contribution in [0.2, 0.25) is 0 Å². The number of ether oxygens (including phenoxy) is 1. The first-order chi connectivity index (χ1) is 13.5. The third-order valence-corrected chi connectivity index (χ3v) is 4.70. The van der Waals surface area contributed by atoms with Gasteiger partial charge in [0.25, 0.3) is 0 Å². The Bertz CT molecular complexity index is 849. The van der Waals surface area contributed by atoms with E-state index < -0.39 is 0 Å². The van der Waals surface area contributed by atoms with Crippen molar-refractivity contribution in [3.05, 3.63) is 59.2 Å². The molecule has 0 aromatic heterocycles. The number of hydrogen-bond donors (Lipinski definition) is 3. The van der Waals surface area contributed by atoms with E-state index in [0.29, 0.717) is 32.1 Å². The van der Waals surface area contributed by atoms with Crippen molar-refractivity contribution in [3.63, 3.8) is 0 Å². The lowest BCUT2D eigenvalue weighted by atomic mass is 9.90. The van der Waals surface area contributed by atoms with Gasteiger partial charge in [-0.3, -0.25) is 9.79 Å². The summed E-state index contributed by atoms with van der Waals surface area (Å²) < 4.78 is 5.82. The van der Waals surface area contributed by atoms with Gasteiger partial charge in [0.15, 0.2) is 5.96 Å². The first-order valence-corrected chi connectivity index (χ1v) is 9.59. The largest absolute Gasteiger partial charge is 0.492 e. The molecule has 1 unspecified atom stereocenters. The number of aryl methyl sites for hydroxylation is 2. The molecule has 1 aliphatic heterocycles. The minimum Gasteiger partial charge on any atom is -0.492 e. The van der Waals surface area contributed by atoms with Crippen molar-refractivity contribution in [1.82, 2.24) is 10.6 Å². The molecule has 1 heterocycles. The van der Waals surface area contributed by atoms with Crippen molar-refractivity contribution in [2.45, 2.75) is 26.2 Å². The topological polar surface area (TPSA) is 74.8 Å². The Balaban J connectivity index is 0.00000300. The average molecular weight is 508 g/mol. The van der Waals surface area contributed by atoms with E-state index in [2.05, 4.69) is 46.9 Å². The number of anilines is 1. The molecule has 0 radical (unpaired) electrons. The molecule has 1 amide bonds. The zero-order valence-corrected chi connectivity index (χ0v) is 19.4. The number of carbonyl (C=O) groups excluding carboxylic acids is 1. The lowest BCUT2D eigenvalue weighted by molar-refractivity contribution is -0.116. The molecule has 0 saturated carbocycles. The molecule has 156 valence electrons. The number of fused-ring (bicyclic) bond motifs is 1. The van der Waals surface area contributed by atoms with Crippen LogP contribution in [0.25, 0.3) is 0 Å². The second kappa shape index (κ2) is 11.0. The van der Waals surface area contributed by atoms with E-state index >= 15 is 0 Å². The van der Waals surface area contributed by atoms with Crippen LogP contribution in [-0.4, -0.2) is 38.6 Å². The number of guanidine groups is 1. The number of nitrogens with one attached hydrogen (secondary N) is 3. The van der Waals surface area contributed by atoms with Gasteiger partial charge in [-0.2, -0.15) is 0 Å². The van der Waals surface area contributed by atoms with E-state index in [0.717, 1.165) is 17.0 Å². The number of benzene rings is 2. The molecule has 1 atom stereocenters. The normalized spacial score (nSPS) is 15.6. The van der Waals surface area contributed by atoms with Gasteiger partial charge in [0.1, 0.15) is 12.4 Å². The summed E-state index contributed by atoms with van der Waals surface area (Å²) in [5.41, 5.74) is 4.44. The summed E-state index contributed by atoms with van der Waals surface area (Å²) in [6.45, 7) is 5.94. The molecular formula is C22H29IN4O2. The van der Waals surface area contributed by atoms with E-state index in [9.17, 15) is 4.79 Å². The number of halogens is 1. The van der Waals surface area contributed by atoms with Gasteiger partial charge in [-0.25, -0.2) is 0 Å². The van der Waals surface area contributed by atoms with Gasteiger partial charge in [-0.05, 0) is 48.7 Å². The van der Waals surface area contributed by atoms with Crippen LogP contribution in [-0.2, 0) is 4.79 Å². The van der Waals surface area contributed by atoms with Crippen molar-refractivity contribution in [2.24, 2.45) is 4.99 Å². The highest BCUT2D eigenvalue weighted by atomic mass is 127. The summed E-state index contributed by atoms with van der Waals surface area (Å²) in [7, 11) is 1.74. The smallest absolute Gasteiger partial charge is 0.225 e. The molecule has 2 aromatic carbocycles. The van der Waals surface area contributed by atoms with Crippen molar-refractivity contribution >= 4 is 41.5 Å². The molecular weight excluding hydrogens is 479 g/mol. The van der Waals surface area contributed by atoms with Crippen molar-refractivity contribution in [1.29, 1.82) is 0 Å². The number of nitrogens with zero attached hydrogens (tertiary/aromatic N) is 1. The third kappa shape index (κ3) is 6.62. The third-order valence-electron chi connectivity index (χ3n) is 4.70. The zero-order chi connectivity index (χ0) is 19.9. The Hall–Kier alpha value is -2.29. The van der Waals surface area contributed by atoms with Gasteiger partial charge in [0, 0.05) is 31.6 Å². The molecule has 2 aromatic rings. The number of hydrogen-bond acceptors (Lipinski definition) is 3. The first kappa shape index (κ1) is 23.0. The van der Waals surface area contributed by atoms with Gasteiger partial charge in [0.2, 0.25) is 5.91 Å². The van der Waals surface area contributed by atoms with Crippen LogP contribution in [0.4, 0.5) is 5.69 Å². The van der Waals surface area contributed by atoms with Gasteiger partial charge >= 0.3 is 0 Å². The highest BCUT2D eigenvalue weighted by molar-refractivity contribution is 14.0. The summed E-state index contributed by atoms with van der Waals surface area (Å²) in [6.07, 6.45) is 0.469. The molecule has 0 spiro atoms. The Kier molecular flexibility index (Phi) is 8.75. The maximum Gasteiger partial charge on any atom is 0.225 e. The first-order valence-electron chi connectivity index (χ1n) is 9.59. The maximum atomic E-state index is 11.9. The van der Waals surface area contributed by atoms with E-state index in [1.165, 1.54) is 11.1 Å². The van der Waals surface area contributed by atoms with Gasteiger partial charge in [0.05, 0.1) is 6.54 Å². The number of amides is 1. The zero-order valence-electron chi connectivity index (χ0n) is 17.1. The second-order valence-electron chi connectivity index (χ2n) is 7.09. The predicted octanol–water partition coefficient (Wildman–Crippen LogP) is 3.59. The highest BCUT2D eigenvalue weighted by Crippen LogP contribution is 2.31. The standard InChI is InChI=1S/C22H28N4O2.HI/c1-15-10-16(2)12-18(11-15)28-9-8-24-22(23-3)25-14-17-13-21(27)26-20-7-5-4-6-19(17)20;/h4-7,10-12,17H,8-9,13-14H2,1-3H3,(H,26,27)(H2,23,24,25);1H. The Morgan fingerprint density at radius 3 is 2.62 bits per heavy atom. The maximum absolute atomic E-state index is 11.9. The minimum absolute atomic E-state index is 0. The fourth-order valence-corrected chi connectivity index (χ4v) is 3.48. The van der Waals surface area contributed by atoms with Crippen molar-refractivity contribution in [2.75, 3.05) is 32.1 Å². The SMILES string of the molecule is CN=C(NCCOc1cc(C)cc(C)c1)NCC1CC(=O)Nc2ccccc21.I. The Morgan fingerprint density at radius 2 is 1.90 bits per heavy atom. The number of para-hydroxylation sites is 1. The lowest BCUT2D eigenvalue weighted by Crippen LogP contribution is -2.42. The van der Waals surface area contributed by atoms with Gasteiger partial charge < -0.3 is 20.7 Å². The Morgan fingerprint density at radius 1 is 1.17 bits per heavy atom. The predicted molar refractivity (Wildman–Crippen MR) is 129 cm³/mol. The molecule has 0 fully saturated rings. The molecule has 29 heavy (non-hydrogen) atoms. The summed E-state index contributed by atoms with van der Waals surface area (Å²) in [4.78, 5) is 16.2. The lowest BCUT2D eigenvalue weighted by Gasteiger charge is -2.26. The summed E-state index contributed by atoms with van der Waals surface area (Å²) in [6, 6.07) is 14.1. The molecule has 0 bridgehead atoms. The molecule has 0 saturated heterocycles. The van der Waals surface area contributed by atoms with Crippen LogP contribution in [0.3, 0.4) is 0 Å².